The van der Waals surface area contributed by atoms with Gasteiger partial charge in [0.2, 0.25) is 0 Å². The molecule has 1 aromatic heterocycles. The van der Waals surface area contributed by atoms with Gasteiger partial charge in [-0.05, 0) is 78.7 Å². The summed E-state index contributed by atoms with van der Waals surface area (Å²) >= 11 is 0. The molecule has 0 saturated carbocycles. The number of carbonyl (C=O) groups is 2. The Bertz CT molecular complexity index is 1680. The lowest BCUT2D eigenvalue weighted by Gasteiger charge is -2.50. The van der Waals surface area contributed by atoms with Gasteiger partial charge in [0.1, 0.15) is 17.1 Å². The number of rotatable bonds is 7. The molecular weight excluding hydrogens is 619 g/mol. The highest BCUT2D eigenvalue weighted by Crippen LogP contribution is 2.42. The van der Waals surface area contributed by atoms with E-state index in [1.807, 2.05) is 24.3 Å². The molecule has 11 heteroatoms. The number of hydrogen-bond acceptors (Lipinski definition) is 7. The maximum absolute atomic E-state index is 11.2. The molecule has 4 heterocycles. The van der Waals surface area contributed by atoms with Gasteiger partial charge >= 0.3 is 11.9 Å². The fourth-order valence-corrected chi connectivity index (χ4v) is 6.28. The number of carboxylic acids is 2. The summed E-state index contributed by atoms with van der Waals surface area (Å²) in [5.41, 5.74) is 2.03. The summed E-state index contributed by atoms with van der Waals surface area (Å²) in [7, 11) is 1.66. The van der Waals surface area contributed by atoms with Crippen LogP contribution in [-0.4, -0.2) is 68.5 Å². The van der Waals surface area contributed by atoms with Crippen molar-refractivity contribution in [3.05, 3.63) is 102 Å². The summed E-state index contributed by atoms with van der Waals surface area (Å²) < 4.78 is 5.35. The van der Waals surface area contributed by atoms with Crippen LogP contribution in [0.5, 0.6) is 11.5 Å². The van der Waals surface area contributed by atoms with E-state index < -0.39 is 23.8 Å². The van der Waals surface area contributed by atoms with Gasteiger partial charge in [0.25, 0.3) is 0 Å². The third kappa shape index (κ3) is 7.23. The lowest BCUT2D eigenvalue weighted by atomic mass is 9.73. The molecule has 1 unspecified atom stereocenters. The van der Waals surface area contributed by atoms with Gasteiger partial charge in [-0.2, -0.15) is 0 Å². The molecule has 0 aliphatic carbocycles. The van der Waals surface area contributed by atoms with Crippen LogP contribution in [0.2, 0.25) is 0 Å². The molecule has 3 aliphatic rings. The van der Waals surface area contributed by atoms with E-state index in [1.54, 1.807) is 25.4 Å². The summed E-state index contributed by atoms with van der Waals surface area (Å²) in [6, 6.07) is 18.2. The number of fused-ring (bicyclic) bond motifs is 4. The third-order valence-electron chi connectivity index (χ3n) is 8.53. The van der Waals surface area contributed by atoms with Crippen molar-refractivity contribution in [2.24, 2.45) is 11.8 Å². The molecule has 3 saturated heterocycles. The van der Waals surface area contributed by atoms with Gasteiger partial charge in [-0.1, -0.05) is 36.4 Å². The first-order chi connectivity index (χ1) is 20.7. The number of aromatic carboxylic acids is 2. The van der Waals surface area contributed by atoms with E-state index in [2.05, 4.69) is 22.5 Å². The molecule has 3 aliphatic heterocycles. The molecular formula is C34H36Cl2N2O7. The van der Waals surface area contributed by atoms with Gasteiger partial charge in [0.15, 0.2) is 0 Å². The Hall–Kier alpha value is -4.15. The largest absolute Gasteiger partial charge is 0.506 e. The Morgan fingerprint density at radius 1 is 1.00 bits per heavy atom. The average molecular weight is 656 g/mol. The number of methoxy groups -OCH3 is 1. The summed E-state index contributed by atoms with van der Waals surface area (Å²) in [4.78, 5) is 28.9. The van der Waals surface area contributed by atoms with Gasteiger partial charge in [-0.25, -0.2) is 9.59 Å². The third-order valence-corrected chi connectivity index (χ3v) is 8.53. The van der Waals surface area contributed by atoms with Crippen molar-refractivity contribution in [1.82, 2.24) is 9.88 Å². The Balaban J connectivity index is 0.000000241. The number of nitrogens with zero attached hydrogens (tertiary/aromatic N) is 2. The number of aliphatic hydroxyl groups excluding tert-OH is 1. The van der Waals surface area contributed by atoms with Crippen molar-refractivity contribution in [3.8, 4) is 22.6 Å². The van der Waals surface area contributed by atoms with Gasteiger partial charge in [-0.3, -0.25) is 9.88 Å². The minimum absolute atomic E-state index is 0. The number of phenols is 1. The highest BCUT2D eigenvalue weighted by Gasteiger charge is 2.42. The van der Waals surface area contributed by atoms with Crippen LogP contribution in [0.15, 0.2) is 85.6 Å². The predicted molar refractivity (Wildman–Crippen MR) is 177 cm³/mol. The zero-order valence-corrected chi connectivity index (χ0v) is 26.2. The van der Waals surface area contributed by atoms with Crippen molar-refractivity contribution < 1.29 is 34.8 Å². The summed E-state index contributed by atoms with van der Waals surface area (Å²) in [6.07, 6.45) is 5.62. The van der Waals surface area contributed by atoms with Crippen molar-refractivity contribution in [2.75, 3.05) is 20.2 Å². The monoisotopic (exact) mass is 654 g/mol. The topological polar surface area (TPSA) is 140 Å². The molecule has 0 amide bonds. The minimum Gasteiger partial charge on any atom is -0.506 e. The van der Waals surface area contributed by atoms with E-state index in [1.165, 1.54) is 36.8 Å². The van der Waals surface area contributed by atoms with E-state index in [4.69, 9.17) is 14.9 Å². The fraction of sp³-hybridized carbons (Fsp3) is 0.265. The first-order valence-corrected chi connectivity index (χ1v) is 14.1. The molecule has 4 aromatic rings. The molecule has 5 atom stereocenters. The fourth-order valence-electron chi connectivity index (χ4n) is 6.28. The standard InChI is InChI=1S/C20H24N2O2.C14H10O5.2ClH/c1-3-13-12-22-9-7-14(13)10-19(22)20(23)16-6-8-21-18-5-4-15(24-2)11-17(16)18;15-12-9(6-3-7-11(12)14(18)19)8-4-1-2-5-10(8)13(16)17;;/h3-6,8,11,13-14,19-20,23H,1,7,9-10,12H2,2H3;1-7,15H,(H,16,17)(H,18,19);2*1H/t13-,14-,19-,20+;;;/m0.../s1. The number of carboxylic acid groups (broad SMARTS) is 2. The number of para-hydroxylation sites is 1. The maximum atomic E-state index is 11.2. The quantitative estimate of drug-likeness (QED) is 0.165. The van der Waals surface area contributed by atoms with Crippen molar-refractivity contribution in [3.63, 3.8) is 0 Å². The number of aromatic nitrogens is 1. The highest BCUT2D eigenvalue weighted by atomic mass is 35.5. The number of hydrogen-bond donors (Lipinski definition) is 4. The molecule has 0 spiro atoms. The summed E-state index contributed by atoms with van der Waals surface area (Å²) in [5, 5.41) is 40.1. The van der Waals surface area contributed by atoms with Crippen LogP contribution < -0.4 is 4.74 Å². The number of halogens is 2. The first kappa shape index (κ1) is 35.3. The molecule has 238 valence electrons. The van der Waals surface area contributed by atoms with E-state index in [0.29, 0.717) is 11.8 Å². The second-order valence-corrected chi connectivity index (χ2v) is 10.8. The van der Waals surface area contributed by atoms with E-state index in [0.717, 1.165) is 41.7 Å². The number of aromatic hydroxyl groups is 1. The van der Waals surface area contributed by atoms with Crippen LogP contribution in [-0.2, 0) is 0 Å². The number of aliphatic hydroxyl groups is 1. The van der Waals surface area contributed by atoms with Crippen molar-refractivity contribution >= 4 is 47.7 Å². The zero-order valence-electron chi connectivity index (χ0n) is 24.6. The number of piperidine rings is 3. The average Bonchev–Trinajstić information content (AvgIpc) is 3.04. The summed E-state index contributed by atoms with van der Waals surface area (Å²) in [6.45, 7) is 6.07. The Morgan fingerprint density at radius 2 is 1.69 bits per heavy atom. The van der Waals surface area contributed by atoms with Gasteiger partial charge in [0.05, 0.1) is 24.3 Å². The maximum Gasteiger partial charge on any atom is 0.339 e. The second-order valence-electron chi connectivity index (χ2n) is 10.8. The van der Waals surface area contributed by atoms with Crippen LogP contribution in [0.1, 0.15) is 45.2 Å². The highest BCUT2D eigenvalue weighted by molar-refractivity contribution is 5.99. The first-order valence-electron chi connectivity index (χ1n) is 14.1. The van der Waals surface area contributed by atoms with Crippen LogP contribution in [0, 0.1) is 11.8 Å². The van der Waals surface area contributed by atoms with Gasteiger partial charge in [-0.15, -0.1) is 31.4 Å². The lowest BCUT2D eigenvalue weighted by molar-refractivity contribution is -0.0444. The SMILES string of the molecule is C=C[C@H]1CN2CC[C@H]1C[C@H]2[C@H](O)c1ccnc2ccc(OC)cc12.Cl.Cl.O=C(O)c1ccccc1-c1cccc(C(=O)O)c1O. The van der Waals surface area contributed by atoms with Crippen LogP contribution in [0.3, 0.4) is 0 Å². The second kappa shape index (κ2) is 15.2. The van der Waals surface area contributed by atoms with Gasteiger partial charge in [0, 0.05) is 29.7 Å². The number of pyridine rings is 1. The predicted octanol–water partition coefficient (Wildman–Crippen LogP) is 6.47. The van der Waals surface area contributed by atoms with Gasteiger partial charge < -0.3 is 25.2 Å². The zero-order chi connectivity index (χ0) is 30.7. The smallest absolute Gasteiger partial charge is 0.339 e. The summed E-state index contributed by atoms with van der Waals surface area (Å²) in [5.74, 6) is -0.848. The van der Waals surface area contributed by atoms with Crippen LogP contribution >= 0.6 is 24.8 Å². The normalized spacial score (nSPS) is 20.4. The lowest BCUT2D eigenvalue weighted by Crippen LogP contribution is -2.54. The molecule has 3 aromatic carbocycles. The molecule has 0 radical (unpaired) electrons. The van der Waals surface area contributed by atoms with E-state index in [9.17, 15) is 19.8 Å². The van der Waals surface area contributed by atoms with Crippen LogP contribution in [0.25, 0.3) is 22.0 Å². The number of benzene rings is 3. The Labute approximate surface area is 273 Å². The minimum atomic E-state index is -1.27. The number of ether oxygens (including phenoxy) is 1. The van der Waals surface area contributed by atoms with Crippen LogP contribution in [0.4, 0.5) is 0 Å². The van der Waals surface area contributed by atoms with Crippen molar-refractivity contribution in [2.45, 2.75) is 25.0 Å². The van der Waals surface area contributed by atoms with E-state index in [-0.39, 0.29) is 53.1 Å². The molecule has 9 nitrogen and oxygen atoms in total. The van der Waals surface area contributed by atoms with Crippen molar-refractivity contribution in [1.29, 1.82) is 0 Å². The Morgan fingerprint density at radius 3 is 2.33 bits per heavy atom. The Kier molecular flexibility index (Phi) is 12.0. The molecule has 45 heavy (non-hydrogen) atoms. The molecule has 7 rings (SSSR count). The molecule has 3 fully saturated rings. The molecule has 4 N–H and O–H groups in total. The van der Waals surface area contributed by atoms with E-state index >= 15 is 0 Å². The molecule has 2 bridgehead atoms.